The lowest BCUT2D eigenvalue weighted by atomic mass is 9.85. The van der Waals surface area contributed by atoms with Gasteiger partial charge < -0.3 is 4.74 Å². The van der Waals surface area contributed by atoms with Crippen LogP contribution in [0.1, 0.15) is 43.5 Å². The molecule has 0 aromatic heterocycles. The normalized spacial score (nSPS) is 26.1. The van der Waals surface area contributed by atoms with Gasteiger partial charge in [0, 0.05) is 0 Å². The van der Waals surface area contributed by atoms with E-state index in [1.54, 1.807) is 44.1 Å². The Morgan fingerprint density at radius 2 is 1.62 bits per heavy atom. The predicted molar refractivity (Wildman–Crippen MR) is 119 cm³/mol. The third-order valence-corrected chi connectivity index (χ3v) is 6.23. The third-order valence-electron chi connectivity index (χ3n) is 6.23. The lowest BCUT2D eigenvalue weighted by Gasteiger charge is -2.34. The minimum absolute atomic E-state index is 0.309. The van der Waals surface area contributed by atoms with Crippen molar-refractivity contribution < 1.29 is 19.1 Å². The summed E-state index contributed by atoms with van der Waals surface area (Å²) in [6.07, 6.45) is 1.68. The highest BCUT2D eigenvalue weighted by Crippen LogP contribution is 2.52. The first-order valence-electron chi connectivity index (χ1n) is 10.8. The van der Waals surface area contributed by atoms with Crippen molar-refractivity contribution in [3.8, 4) is 0 Å². The second-order valence-corrected chi connectivity index (χ2v) is 9.58. The van der Waals surface area contributed by atoms with Crippen molar-refractivity contribution in [1.82, 2.24) is 5.01 Å². The number of fused-ring (bicyclic) bond motifs is 5. The van der Waals surface area contributed by atoms with Gasteiger partial charge in [-0.3, -0.25) is 14.6 Å². The third kappa shape index (κ3) is 3.03. The summed E-state index contributed by atoms with van der Waals surface area (Å²) in [5, 5.41) is 6.12. The maximum atomic E-state index is 13.7. The molecule has 3 aliphatic rings. The summed E-state index contributed by atoms with van der Waals surface area (Å²) in [7, 11) is 0. The molecule has 2 aromatic carbocycles. The lowest BCUT2D eigenvalue weighted by Crippen LogP contribution is -2.46. The number of nitrogens with zero attached hydrogens (tertiary/aromatic N) is 3. The van der Waals surface area contributed by atoms with Crippen molar-refractivity contribution in [3.05, 3.63) is 65.2 Å². The molecule has 2 fully saturated rings. The molecule has 7 nitrogen and oxygen atoms in total. The van der Waals surface area contributed by atoms with Crippen LogP contribution in [-0.4, -0.2) is 40.7 Å². The number of carbonyl (C=O) groups excluding carboxylic acids is 3. The van der Waals surface area contributed by atoms with Gasteiger partial charge in [-0.1, -0.05) is 42.0 Å². The van der Waals surface area contributed by atoms with E-state index >= 15 is 0 Å². The molecular formula is C25H25N3O4. The Kier molecular flexibility index (Phi) is 4.48. The Morgan fingerprint density at radius 3 is 2.31 bits per heavy atom. The summed E-state index contributed by atoms with van der Waals surface area (Å²) in [6, 6.07) is 13.4. The quantitative estimate of drug-likeness (QED) is 0.539. The second kappa shape index (κ2) is 7.02. The molecule has 4 atom stereocenters. The van der Waals surface area contributed by atoms with Crippen molar-refractivity contribution in [2.24, 2.45) is 16.9 Å². The van der Waals surface area contributed by atoms with Crippen LogP contribution in [0.5, 0.6) is 0 Å². The zero-order valence-corrected chi connectivity index (χ0v) is 18.5. The van der Waals surface area contributed by atoms with Crippen LogP contribution in [0.2, 0.25) is 0 Å². The van der Waals surface area contributed by atoms with Gasteiger partial charge in [-0.25, -0.2) is 9.69 Å². The Morgan fingerprint density at radius 1 is 0.969 bits per heavy atom. The van der Waals surface area contributed by atoms with Gasteiger partial charge in [0.15, 0.2) is 6.04 Å². The zero-order chi connectivity index (χ0) is 22.8. The number of ether oxygens (including phenoxy) is 1. The number of anilines is 1. The fourth-order valence-corrected chi connectivity index (χ4v) is 4.95. The van der Waals surface area contributed by atoms with E-state index in [0.717, 1.165) is 16.7 Å². The molecule has 3 heterocycles. The predicted octanol–water partition coefficient (Wildman–Crippen LogP) is 3.22. The van der Waals surface area contributed by atoms with E-state index in [9.17, 15) is 14.4 Å². The standard InChI is InChI=1S/C25H25N3O4/c1-14-9-11-16(12-10-14)27-22(29)18-19(23(27)30)21(24(31)32-25(2,3)4)28-20(18)17-8-6-5-7-15(17)13-26-28/h5-13,18-21H,1-4H3/t18-,19+,20+,21-/m1/s1. The Hall–Kier alpha value is -3.48. The van der Waals surface area contributed by atoms with Gasteiger partial charge in [0.25, 0.3) is 0 Å². The summed E-state index contributed by atoms with van der Waals surface area (Å²) >= 11 is 0. The van der Waals surface area contributed by atoms with E-state index in [4.69, 9.17) is 4.74 Å². The number of hydrazone groups is 1. The topological polar surface area (TPSA) is 79.3 Å². The number of esters is 1. The molecule has 0 spiro atoms. The first kappa shape index (κ1) is 20.4. The van der Waals surface area contributed by atoms with Gasteiger partial charge in [-0.2, -0.15) is 5.10 Å². The van der Waals surface area contributed by atoms with E-state index in [1.165, 1.54) is 4.90 Å². The molecule has 2 amide bonds. The molecule has 7 heteroatoms. The molecule has 5 rings (SSSR count). The maximum Gasteiger partial charge on any atom is 0.331 e. The molecule has 164 valence electrons. The number of benzene rings is 2. The molecule has 0 bridgehead atoms. The summed E-state index contributed by atoms with van der Waals surface area (Å²) < 4.78 is 5.67. The van der Waals surface area contributed by atoms with E-state index in [0.29, 0.717) is 5.69 Å². The number of rotatable bonds is 2. The van der Waals surface area contributed by atoms with Crippen LogP contribution < -0.4 is 4.90 Å². The van der Waals surface area contributed by atoms with Gasteiger partial charge in [0.05, 0.1) is 29.8 Å². The average molecular weight is 431 g/mol. The van der Waals surface area contributed by atoms with Crippen LogP contribution in [-0.2, 0) is 19.1 Å². The van der Waals surface area contributed by atoms with Crippen molar-refractivity contribution in [1.29, 1.82) is 0 Å². The van der Waals surface area contributed by atoms with Gasteiger partial charge in [0.2, 0.25) is 11.8 Å². The van der Waals surface area contributed by atoms with Gasteiger partial charge in [-0.05, 0) is 51.0 Å². The van der Waals surface area contributed by atoms with Crippen LogP contribution in [0.3, 0.4) is 0 Å². The van der Waals surface area contributed by atoms with Crippen LogP contribution in [0.15, 0.2) is 53.6 Å². The molecule has 3 aliphatic heterocycles. The van der Waals surface area contributed by atoms with Crippen LogP contribution in [0.25, 0.3) is 0 Å². The average Bonchev–Trinajstić information content (AvgIpc) is 3.21. The molecule has 0 N–H and O–H groups in total. The molecule has 2 saturated heterocycles. The van der Waals surface area contributed by atoms with Crippen LogP contribution in [0, 0.1) is 18.8 Å². The minimum Gasteiger partial charge on any atom is -0.458 e. The SMILES string of the molecule is Cc1ccc(N2C(=O)[C@@H]3[C@H](C2=O)[C@H](C(=O)OC(C)(C)C)N2N=Cc4ccccc4[C@@H]32)cc1. The van der Waals surface area contributed by atoms with Crippen molar-refractivity contribution in [3.63, 3.8) is 0 Å². The Labute approximate surface area is 186 Å². The summed E-state index contributed by atoms with van der Waals surface area (Å²) in [4.78, 5) is 41.8. The first-order valence-corrected chi connectivity index (χ1v) is 10.8. The largest absolute Gasteiger partial charge is 0.458 e. The number of imide groups is 1. The van der Waals surface area contributed by atoms with E-state index in [2.05, 4.69) is 5.10 Å². The smallest absolute Gasteiger partial charge is 0.331 e. The highest BCUT2D eigenvalue weighted by molar-refractivity contribution is 6.23. The molecule has 0 unspecified atom stereocenters. The van der Waals surface area contributed by atoms with E-state index < -0.39 is 35.5 Å². The Bertz CT molecular complexity index is 1150. The number of aryl methyl sites for hydroxylation is 1. The molecular weight excluding hydrogens is 406 g/mol. The maximum absolute atomic E-state index is 13.7. The zero-order valence-electron chi connectivity index (χ0n) is 18.5. The molecule has 0 saturated carbocycles. The molecule has 0 aliphatic carbocycles. The second-order valence-electron chi connectivity index (χ2n) is 9.58. The number of hydrogen-bond acceptors (Lipinski definition) is 6. The highest BCUT2D eigenvalue weighted by Gasteiger charge is 2.66. The fraction of sp³-hybridized carbons (Fsp3) is 0.360. The van der Waals surface area contributed by atoms with E-state index in [1.807, 2.05) is 43.3 Å². The number of carbonyl (C=O) groups is 3. The first-order chi connectivity index (χ1) is 15.2. The summed E-state index contributed by atoms with van der Waals surface area (Å²) in [5.41, 5.74) is 2.58. The summed E-state index contributed by atoms with van der Waals surface area (Å²) in [5.74, 6) is -2.83. The highest BCUT2D eigenvalue weighted by atomic mass is 16.6. The summed E-state index contributed by atoms with van der Waals surface area (Å²) in [6.45, 7) is 7.29. The van der Waals surface area contributed by atoms with Crippen molar-refractivity contribution in [2.45, 2.75) is 45.4 Å². The van der Waals surface area contributed by atoms with Crippen LogP contribution in [0.4, 0.5) is 5.69 Å². The lowest BCUT2D eigenvalue weighted by molar-refractivity contribution is -0.163. The van der Waals surface area contributed by atoms with Crippen molar-refractivity contribution >= 4 is 29.7 Å². The molecule has 0 radical (unpaired) electrons. The number of amides is 2. The fourth-order valence-electron chi connectivity index (χ4n) is 4.95. The number of hydrogen-bond donors (Lipinski definition) is 0. The Balaban J connectivity index is 1.62. The van der Waals surface area contributed by atoms with E-state index in [-0.39, 0.29) is 11.8 Å². The van der Waals surface area contributed by atoms with Crippen molar-refractivity contribution in [2.75, 3.05) is 4.90 Å². The molecule has 2 aromatic rings. The van der Waals surface area contributed by atoms with Crippen LogP contribution >= 0.6 is 0 Å². The van der Waals surface area contributed by atoms with Gasteiger partial charge in [-0.15, -0.1) is 0 Å². The minimum atomic E-state index is -0.972. The monoisotopic (exact) mass is 431 g/mol. The molecule has 32 heavy (non-hydrogen) atoms. The van der Waals surface area contributed by atoms with Gasteiger partial charge >= 0.3 is 5.97 Å². The van der Waals surface area contributed by atoms with Gasteiger partial charge in [0.1, 0.15) is 5.60 Å².